The van der Waals surface area contributed by atoms with Gasteiger partial charge in [-0.15, -0.1) is 12.4 Å². The molecule has 102 valence electrons. The van der Waals surface area contributed by atoms with Crippen molar-refractivity contribution in [3.05, 3.63) is 11.8 Å². The molecule has 0 bridgehead atoms. The molecule has 6 heteroatoms. The van der Waals surface area contributed by atoms with Crippen LogP contribution in [-0.4, -0.2) is 29.2 Å². The maximum Gasteiger partial charge on any atom is 0.229 e. The summed E-state index contributed by atoms with van der Waals surface area (Å²) >= 11 is 0. The van der Waals surface area contributed by atoms with Crippen LogP contribution >= 0.6 is 12.4 Å². The summed E-state index contributed by atoms with van der Waals surface area (Å²) < 4.78 is 0. The third kappa shape index (κ3) is 3.71. The van der Waals surface area contributed by atoms with Gasteiger partial charge in [-0.2, -0.15) is 5.10 Å². The zero-order valence-corrected chi connectivity index (χ0v) is 11.6. The molecule has 1 saturated heterocycles. The normalized spacial score (nSPS) is 19.4. The van der Waals surface area contributed by atoms with E-state index in [1.807, 2.05) is 6.07 Å². The molecule has 0 unspecified atom stereocenters. The minimum atomic E-state index is 0. The van der Waals surface area contributed by atoms with Crippen molar-refractivity contribution in [1.29, 1.82) is 0 Å². The molecule has 0 spiro atoms. The van der Waals surface area contributed by atoms with Gasteiger partial charge in [0.1, 0.15) is 0 Å². The summed E-state index contributed by atoms with van der Waals surface area (Å²) in [6.07, 6.45) is 2.02. The number of piperidine rings is 1. The third-order valence-corrected chi connectivity index (χ3v) is 3.14. The Balaban J connectivity index is 0.00000162. The number of anilines is 1. The monoisotopic (exact) mass is 272 g/mol. The van der Waals surface area contributed by atoms with E-state index in [0.29, 0.717) is 11.7 Å². The Labute approximate surface area is 114 Å². The van der Waals surface area contributed by atoms with Gasteiger partial charge in [0, 0.05) is 18.3 Å². The number of carbonyl (C=O) groups excluding carboxylic acids is 1. The maximum atomic E-state index is 11.9. The second-order valence-electron chi connectivity index (χ2n) is 4.90. The highest BCUT2D eigenvalue weighted by molar-refractivity contribution is 5.91. The van der Waals surface area contributed by atoms with E-state index < -0.39 is 0 Å². The molecule has 1 amide bonds. The van der Waals surface area contributed by atoms with Gasteiger partial charge in [0.05, 0.1) is 5.92 Å². The first kappa shape index (κ1) is 15.0. The van der Waals surface area contributed by atoms with E-state index in [-0.39, 0.29) is 24.2 Å². The van der Waals surface area contributed by atoms with E-state index in [1.165, 1.54) is 0 Å². The van der Waals surface area contributed by atoms with Crippen molar-refractivity contribution >= 4 is 24.1 Å². The molecule has 3 N–H and O–H groups in total. The number of amides is 1. The lowest BCUT2D eigenvalue weighted by molar-refractivity contribution is -0.120. The molecule has 2 heterocycles. The lowest BCUT2D eigenvalue weighted by Gasteiger charge is -2.21. The minimum Gasteiger partial charge on any atom is -0.316 e. The van der Waals surface area contributed by atoms with Crippen LogP contribution < -0.4 is 10.6 Å². The Morgan fingerprint density at radius 1 is 1.56 bits per heavy atom. The third-order valence-electron chi connectivity index (χ3n) is 3.14. The molecule has 2 rings (SSSR count). The molecule has 0 saturated carbocycles. The van der Waals surface area contributed by atoms with Gasteiger partial charge in [0.25, 0.3) is 0 Å². The van der Waals surface area contributed by atoms with Crippen LogP contribution in [0, 0.1) is 5.92 Å². The highest BCUT2D eigenvalue weighted by Gasteiger charge is 2.21. The molecule has 0 radical (unpaired) electrons. The number of carbonyl (C=O) groups is 1. The second-order valence-corrected chi connectivity index (χ2v) is 4.90. The molecule has 1 aliphatic rings. The molecule has 0 aromatic carbocycles. The first-order valence-electron chi connectivity index (χ1n) is 6.23. The topological polar surface area (TPSA) is 69.8 Å². The highest BCUT2D eigenvalue weighted by Crippen LogP contribution is 2.17. The van der Waals surface area contributed by atoms with Crippen molar-refractivity contribution in [2.45, 2.75) is 32.6 Å². The number of halogens is 1. The number of hydrogen-bond donors (Lipinski definition) is 3. The summed E-state index contributed by atoms with van der Waals surface area (Å²) in [5, 5.41) is 13.1. The summed E-state index contributed by atoms with van der Waals surface area (Å²) in [7, 11) is 0. The van der Waals surface area contributed by atoms with Gasteiger partial charge in [-0.05, 0) is 25.3 Å². The van der Waals surface area contributed by atoms with Crippen molar-refractivity contribution in [3.63, 3.8) is 0 Å². The first-order chi connectivity index (χ1) is 8.16. The van der Waals surface area contributed by atoms with Crippen molar-refractivity contribution in [3.8, 4) is 0 Å². The molecular formula is C12H21ClN4O. The molecule has 1 fully saturated rings. The average Bonchev–Trinajstić information content (AvgIpc) is 2.79. The van der Waals surface area contributed by atoms with Gasteiger partial charge in [-0.3, -0.25) is 9.89 Å². The number of rotatable bonds is 3. The van der Waals surface area contributed by atoms with E-state index in [1.54, 1.807) is 0 Å². The van der Waals surface area contributed by atoms with Crippen molar-refractivity contribution in [2.75, 3.05) is 18.4 Å². The van der Waals surface area contributed by atoms with E-state index >= 15 is 0 Å². The summed E-state index contributed by atoms with van der Waals surface area (Å²) in [4.78, 5) is 11.9. The van der Waals surface area contributed by atoms with Crippen LogP contribution in [0.2, 0.25) is 0 Å². The molecule has 5 nitrogen and oxygen atoms in total. The fourth-order valence-corrected chi connectivity index (χ4v) is 2.00. The zero-order chi connectivity index (χ0) is 12.3. The molecule has 1 atom stereocenters. The van der Waals surface area contributed by atoms with Crippen LogP contribution in [0.15, 0.2) is 6.07 Å². The fraction of sp³-hybridized carbons (Fsp3) is 0.667. The second kappa shape index (κ2) is 6.75. The van der Waals surface area contributed by atoms with Crippen LogP contribution in [-0.2, 0) is 4.79 Å². The van der Waals surface area contributed by atoms with Crippen LogP contribution in [0.4, 0.5) is 5.82 Å². The molecule has 18 heavy (non-hydrogen) atoms. The lowest BCUT2D eigenvalue weighted by Crippen LogP contribution is -2.37. The summed E-state index contributed by atoms with van der Waals surface area (Å²) in [5.41, 5.74) is 1.04. The van der Waals surface area contributed by atoms with Crippen LogP contribution in [0.1, 0.15) is 38.3 Å². The summed E-state index contributed by atoms with van der Waals surface area (Å²) in [6, 6.07) is 1.90. The van der Waals surface area contributed by atoms with Gasteiger partial charge in [0.15, 0.2) is 5.82 Å². The number of H-pyrrole nitrogens is 1. The van der Waals surface area contributed by atoms with E-state index in [2.05, 4.69) is 34.7 Å². The van der Waals surface area contributed by atoms with Gasteiger partial charge < -0.3 is 10.6 Å². The quantitative estimate of drug-likeness (QED) is 0.787. The fourth-order valence-electron chi connectivity index (χ4n) is 2.00. The first-order valence-corrected chi connectivity index (χ1v) is 6.23. The Hall–Kier alpha value is -1.07. The molecule has 1 aromatic rings. The van der Waals surface area contributed by atoms with Crippen LogP contribution in [0.5, 0.6) is 0 Å². The molecule has 1 aliphatic heterocycles. The van der Waals surface area contributed by atoms with E-state index in [9.17, 15) is 4.79 Å². The van der Waals surface area contributed by atoms with E-state index in [0.717, 1.165) is 31.6 Å². The number of hydrogen-bond acceptors (Lipinski definition) is 3. The summed E-state index contributed by atoms with van der Waals surface area (Å²) in [6.45, 7) is 5.96. The smallest absolute Gasteiger partial charge is 0.229 e. The Bertz CT molecular complexity index is 385. The number of aromatic amines is 1. The lowest BCUT2D eigenvalue weighted by atomic mass is 9.99. The SMILES string of the molecule is CC(C)c1cc(NC(=O)[C@@H]2CCCNC2)n[nH]1.Cl. The van der Waals surface area contributed by atoms with Gasteiger partial charge >= 0.3 is 0 Å². The van der Waals surface area contributed by atoms with Crippen molar-refractivity contribution in [1.82, 2.24) is 15.5 Å². The maximum absolute atomic E-state index is 11.9. The zero-order valence-electron chi connectivity index (χ0n) is 10.8. The number of nitrogens with one attached hydrogen (secondary N) is 3. The average molecular weight is 273 g/mol. The van der Waals surface area contributed by atoms with Crippen LogP contribution in [0.25, 0.3) is 0 Å². The van der Waals surface area contributed by atoms with Gasteiger partial charge in [-0.1, -0.05) is 13.8 Å². The predicted octanol–water partition coefficient (Wildman–Crippen LogP) is 1.89. The Morgan fingerprint density at radius 3 is 2.89 bits per heavy atom. The predicted molar refractivity (Wildman–Crippen MR) is 74.1 cm³/mol. The van der Waals surface area contributed by atoms with Gasteiger partial charge in [-0.25, -0.2) is 0 Å². The molecular weight excluding hydrogens is 252 g/mol. The number of nitrogens with zero attached hydrogens (tertiary/aromatic N) is 1. The molecule has 1 aromatic heterocycles. The molecule has 0 aliphatic carbocycles. The van der Waals surface area contributed by atoms with Crippen molar-refractivity contribution < 1.29 is 4.79 Å². The standard InChI is InChI=1S/C12H20N4O.ClH/c1-8(2)10-6-11(16-15-10)14-12(17)9-4-3-5-13-7-9;/h6,8-9,13H,3-5,7H2,1-2H3,(H2,14,15,16,17);1H/t9-;/m1./s1. The highest BCUT2D eigenvalue weighted by atomic mass is 35.5. The van der Waals surface area contributed by atoms with Crippen LogP contribution in [0.3, 0.4) is 0 Å². The summed E-state index contributed by atoms with van der Waals surface area (Å²) in [5.74, 6) is 1.16. The Kier molecular flexibility index (Phi) is 5.62. The number of aromatic nitrogens is 2. The van der Waals surface area contributed by atoms with Crippen molar-refractivity contribution in [2.24, 2.45) is 5.92 Å². The largest absolute Gasteiger partial charge is 0.316 e. The Morgan fingerprint density at radius 2 is 2.33 bits per heavy atom. The van der Waals surface area contributed by atoms with E-state index in [4.69, 9.17) is 0 Å². The minimum absolute atomic E-state index is 0. The van der Waals surface area contributed by atoms with Gasteiger partial charge in [0.2, 0.25) is 5.91 Å².